The van der Waals surface area contributed by atoms with Gasteiger partial charge in [-0.05, 0) is 80.4 Å². The average Bonchev–Trinajstić information content (AvgIpc) is 3.02. The van der Waals surface area contributed by atoms with E-state index in [9.17, 15) is 9.59 Å². The van der Waals surface area contributed by atoms with Gasteiger partial charge in [0.2, 0.25) is 0 Å². The van der Waals surface area contributed by atoms with E-state index in [2.05, 4.69) is 15.8 Å². The molecule has 0 radical (unpaired) electrons. The van der Waals surface area contributed by atoms with Gasteiger partial charge in [0.15, 0.2) is 29.6 Å². The van der Waals surface area contributed by atoms with Gasteiger partial charge in [0.25, 0.3) is 11.8 Å². The maximum absolute atomic E-state index is 12.8. The van der Waals surface area contributed by atoms with Crippen molar-refractivity contribution in [1.82, 2.24) is 5.43 Å². The van der Waals surface area contributed by atoms with Gasteiger partial charge in [-0.15, -0.1) is 0 Å². The largest absolute Gasteiger partial charge is 0.490 e. The lowest BCUT2D eigenvalue weighted by atomic mass is 10.2. The fraction of sp³-hybridized carbons (Fsp3) is 0.206. The fourth-order valence-electron chi connectivity index (χ4n) is 3.97. The van der Waals surface area contributed by atoms with E-state index in [4.69, 9.17) is 18.9 Å². The summed E-state index contributed by atoms with van der Waals surface area (Å²) in [5.41, 5.74) is 6.40. The molecule has 0 fully saturated rings. The quantitative estimate of drug-likeness (QED) is 0.137. The maximum atomic E-state index is 12.8. The predicted octanol–water partition coefficient (Wildman–Crippen LogP) is 6.15. The van der Waals surface area contributed by atoms with Crippen LogP contribution in [0.15, 0.2) is 96.1 Å². The van der Waals surface area contributed by atoms with Crippen LogP contribution in [0.25, 0.3) is 0 Å². The normalized spacial score (nSPS) is 10.7. The lowest BCUT2D eigenvalue weighted by Gasteiger charge is -2.13. The Labute approximate surface area is 251 Å². The second kappa shape index (κ2) is 15.6. The van der Waals surface area contributed by atoms with Crippen LogP contribution in [-0.4, -0.2) is 37.8 Å². The monoisotopic (exact) mass is 581 g/mol. The molecule has 0 aliphatic heterocycles. The topological polar surface area (TPSA) is 107 Å². The molecule has 0 unspecified atom stereocenters. The predicted molar refractivity (Wildman–Crippen MR) is 166 cm³/mol. The Morgan fingerprint density at radius 2 is 1.42 bits per heavy atom. The highest BCUT2D eigenvalue weighted by atomic mass is 16.5. The number of carbonyl (C=O) groups is 2. The molecule has 4 aromatic rings. The van der Waals surface area contributed by atoms with Gasteiger partial charge in [0, 0.05) is 11.3 Å². The Kier molecular flexibility index (Phi) is 11.1. The molecule has 0 saturated heterocycles. The highest BCUT2D eigenvalue weighted by Gasteiger charge is 2.13. The third-order valence-corrected chi connectivity index (χ3v) is 6.08. The summed E-state index contributed by atoms with van der Waals surface area (Å²) in [4.78, 5) is 25.1. The van der Waals surface area contributed by atoms with Crippen molar-refractivity contribution in [1.29, 1.82) is 0 Å². The first-order valence-electron chi connectivity index (χ1n) is 14.0. The first kappa shape index (κ1) is 30.6. The minimum absolute atomic E-state index is 0.183. The Morgan fingerprint density at radius 3 is 2.14 bits per heavy atom. The molecule has 0 aliphatic carbocycles. The Hall–Kier alpha value is -5.31. The van der Waals surface area contributed by atoms with Crippen LogP contribution in [0.3, 0.4) is 0 Å². The van der Waals surface area contributed by atoms with Gasteiger partial charge in [-0.1, -0.05) is 48.0 Å². The van der Waals surface area contributed by atoms with Crippen LogP contribution in [0.4, 0.5) is 5.69 Å². The summed E-state index contributed by atoms with van der Waals surface area (Å²) in [5.74, 6) is 1.19. The van der Waals surface area contributed by atoms with Crippen molar-refractivity contribution in [2.75, 3.05) is 25.1 Å². The highest BCUT2D eigenvalue weighted by Crippen LogP contribution is 2.30. The van der Waals surface area contributed by atoms with E-state index in [1.807, 2.05) is 75.4 Å². The van der Waals surface area contributed by atoms with E-state index < -0.39 is 5.91 Å². The second-order valence-electron chi connectivity index (χ2n) is 9.41. The van der Waals surface area contributed by atoms with Gasteiger partial charge in [-0.2, -0.15) is 5.10 Å². The molecule has 0 bridgehead atoms. The molecule has 4 aromatic carbocycles. The van der Waals surface area contributed by atoms with Crippen LogP contribution in [0.1, 0.15) is 40.9 Å². The minimum Gasteiger partial charge on any atom is -0.490 e. The first-order valence-corrected chi connectivity index (χ1v) is 14.0. The third kappa shape index (κ3) is 9.36. The Balaban J connectivity index is 1.35. The molecule has 2 amide bonds. The molecular weight excluding hydrogens is 546 g/mol. The standard InChI is InChI=1S/C34H35N3O6/c1-4-40-31-19-26(13-17-29(31)43-23-33(38)36-28-15-11-24(3)12-16-28)21-35-37-34(39)27-14-18-30(32(20-27)41-5-2)42-22-25-9-7-6-8-10-25/h6-21H,4-5,22-23H2,1-3H3,(H,36,38)(H,37,39)/b35-21+. The number of hydrogen-bond donors (Lipinski definition) is 2. The summed E-state index contributed by atoms with van der Waals surface area (Å²) in [6.45, 7) is 6.71. The van der Waals surface area contributed by atoms with Crippen molar-refractivity contribution in [2.45, 2.75) is 27.4 Å². The number of carbonyl (C=O) groups excluding carboxylic acids is 2. The summed E-state index contributed by atoms with van der Waals surface area (Å²) >= 11 is 0. The van der Waals surface area contributed by atoms with E-state index >= 15 is 0 Å². The number of nitrogens with one attached hydrogen (secondary N) is 2. The molecule has 4 rings (SSSR count). The Bertz CT molecular complexity index is 1540. The molecule has 222 valence electrons. The van der Waals surface area contributed by atoms with Crippen molar-refractivity contribution in [3.8, 4) is 23.0 Å². The van der Waals surface area contributed by atoms with E-state index in [-0.39, 0.29) is 12.5 Å². The van der Waals surface area contributed by atoms with Crippen molar-refractivity contribution in [3.05, 3.63) is 113 Å². The summed E-state index contributed by atoms with van der Waals surface area (Å²) < 4.78 is 23.0. The number of ether oxygens (including phenoxy) is 4. The van der Waals surface area contributed by atoms with Crippen LogP contribution >= 0.6 is 0 Å². The van der Waals surface area contributed by atoms with Crippen molar-refractivity contribution in [2.24, 2.45) is 5.10 Å². The molecule has 43 heavy (non-hydrogen) atoms. The van der Waals surface area contributed by atoms with E-state index in [0.717, 1.165) is 11.1 Å². The first-order chi connectivity index (χ1) is 20.9. The smallest absolute Gasteiger partial charge is 0.271 e. The molecule has 0 aliphatic rings. The van der Waals surface area contributed by atoms with Crippen LogP contribution in [0.2, 0.25) is 0 Å². The Morgan fingerprint density at radius 1 is 0.744 bits per heavy atom. The molecule has 0 spiro atoms. The summed E-state index contributed by atoms with van der Waals surface area (Å²) in [7, 11) is 0. The van der Waals surface area contributed by atoms with Gasteiger partial charge < -0.3 is 24.3 Å². The highest BCUT2D eigenvalue weighted by molar-refractivity contribution is 5.95. The summed E-state index contributed by atoms with van der Waals surface area (Å²) in [6, 6.07) is 27.5. The van der Waals surface area contributed by atoms with Gasteiger partial charge >= 0.3 is 0 Å². The molecule has 0 aromatic heterocycles. The van der Waals surface area contributed by atoms with Gasteiger partial charge in [0.1, 0.15) is 6.61 Å². The number of anilines is 1. The number of nitrogens with zero attached hydrogens (tertiary/aromatic N) is 1. The van der Waals surface area contributed by atoms with Crippen LogP contribution in [0.5, 0.6) is 23.0 Å². The molecule has 2 N–H and O–H groups in total. The average molecular weight is 582 g/mol. The number of rotatable bonds is 14. The second-order valence-corrected chi connectivity index (χ2v) is 9.41. The fourth-order valence-corrected chi connectivity index (χ4v) is 3.97. The zero-order chi connectivity index (χ0) is 30.4. The third-order valence-electron chi connectivity index (χ3n) is 6.08. The van der Waals surface area contributed by atoms with E-state index in [1.54, 1.807) is 36.4 Å². The number of amides is 2. The number of benzene rings is 4. The van der Waals surface area contributed by atoms with Crippen LogP contribution in [0, 0.1) is 6.92 Å². The summed E-state index contributed by atoms with van der Waals surface area (Å²) in [5, 5.41) is 6.89. The summed E-state index contributed by atoms with van der Waals surface area (Å²) in [6.07, 6.45) is 1.50. The number of hydrazone groups is 1. The van der Waals surface area contributed by atoms with Gasteiger partial charge in [0.05, 0.1) is 19.4 Å². The molecule has 0 atom stereocenters. The van der Waals surface area contributed by atoms with Crippen molar-refractivity contribution >= 4 is 23.7 Å². The number of hydrogen-bond acceptors (Lipinski definition) is 7. The van der Waals surface area contributed by atoms with Crippen molar-refractivity contribution < 1.29 is 28.5 Å². The molecule has 9 nitrogen and oxygen atoms in total. The molecule has 9 heteroatoms. The lowest BCUT2D eigenvalue weighted by molar-refractivity contribution is -0.118. The van der Waals surface area contributed by atoms with Crippen LogP contribution < -0.4 is 29.7 Å². The maximum Gasteiger partial charge on any atom is 0.271 e. The van der Waals surface area contributed by atoms with Crippen LogP contribution in [-0.2, 0) is 11.4 Å². The molecule has 0 saturated carbocycles. The molecule has 0 heterocycles. The SMILES string of the molecule is CCOc1cc(/C=N/NC(=O)c2ccc(OCc3ccccc3)c(OCC)c2)ccc1OCC(=O)Nc1ccc(C)cc1. The number of aryl methyl sites for hydroxylation is 1. The van der Waals surface area contributed by atoms with Gasteiger partial charge in [-0.3, -0.25) is 9.59 Å². The van der Waals surface area contributed by atoms with Gasteiger partial charge in [-0.25, -0.2) is 5.43 Å². The van der Waals surface area contributed by atoms with Crippen molar-refractivity contribution in [3.63, 3.8) is 0 Å². The lowest BCUT2D eigenvalue weighted by Crippen LogP contribution is -2.20. The minimum atomic E-state index is -0.406. The zero-order valence-corrected chi connectivity index (χ0v) is 24.5. The molecular formula is C34H35N3O6. The van der Waals surface area contributed by atoms with E-state index in [1.165, 1.54) is 6.21 Å². The van der Waals surface area contributed by atoms with E-state index in [0.29, 0.717) is 59.6 Å². The zero-order valence-electron chi connectivity index (χ0n) is 24.5.